The van der Waals surface area contributed by atoms with Gasteiger partial charge in [0.25, 0.3) is 11.7 Å². The van der Waals surface area contributed by atoms with Crippen molar-refractivity contribution in [3.63, 3.8) is 0 Å². The standard InChI is InChI=1S/C20H17N5O/c26-20(23-14-16-7-1-3-10-22-16)19-17-8-2-4-11-25(17)18(24-19)12-15-6-5-9-21-13-15/h1-11,13H,12,14H2,(H,23,26)/p+1. The Balaban J connectivity index is 1.61. The number of aromatic amines is 1. The van der Waals surface area contributed by atoms with E-state index >= 15 is 0 Å². The minimum absolute atomic E-state index is 0.156. The Hall–Kier alpha value is -3.54. The molecule has 6 heteroatoms. The van der Waals surface area contributed by atoms with Gasteiger partial charge in [-0.2, -0.15) is 4.40 Å². The van der Waals surface area contributed by atoms with Crippen molar-refractivity contribution in [2.24, 2.45) is 0 Å². The van der Waals surface area contributed by atoms with Crippen LogP contribution in [0.1, 0.15) is 27.6 Å². The van der Waals surface area contributed by atoms with Gasteiger partial charge in [0.05, 0.1) is 24.9 Å². The van der Waals surface area contributed by atoms with Crippen LogP contribution in [0.3, 0.4) is 0 Å². The molecular weight excluding hydrogens is 326 g/mol. The highest BCUT2D eigenvalue weighted by molar-refractivity contribution is 5.97. The number of carbonyl (C=O) groups is 1. The molecule has 0 radical (unpaired) electrons. The highest BCUT2D eigenvalue weighted by atomic mass is 16.1. The number of aromatic nitrogens is 4. The molecule has 4 aromatic heterocycles. The fraction of sp³-hybridized carbons (Fsp3) is 0.100. The first-order valence-corrected chi connectivity index (χ1v) is 8.39. The molecule has 4 aromatic rings. The number of amides is 1. The van der Waals surface area contributed by atoms with Crippen LogP contribution in [-0.2, 0) is 13.0 Å². The Morgan fingerprint density at radius 2 is 2.00 bits per heavy atom. The summed E-state index contributed by atoms with van der Waals surface area (Å²) in [5.41, 5.74) is 3.28. The van der Waals surface area contributed by atoms with Gasteiger partial charge in [0.2, 0.25) is 5.69 Å². The number of rotatable bonds is 5. The van der Waals surface area contributed by atoms with E-state index in [0.717, 1.165) is 22.6 Å². The Morgan fingerprint density at radius 1 is 1.08 bits per heavy atom. The van der Waals surface area contributed by atoms with Gasteiger partial charge in [-0.1, -0.05) is 18.2 Å². The quantitative estimate of drug-likeness (QED) is 0.544. The normalized spacial score (nSPS) is 10.8. The van der Waals surface area contributed by atoms with E-state index in [0.29, 0.717) is 18.7 Å². The minimum Gasteiger partial charge on any atom is -0.343 e. The van der Waals surface area contributed by atoms with Crippen molar-refractivity contribution < 1.29 is 9.20 Å². The summed E-state index contributed by atoms with van der Waals surface area (Å²) < 4.78 is 2.00. The number of imidazole rings is 1. The lowest BCUT2D eigenvalue weighted by molar-refractivity contribution is -0.520. The molecular formula is C20H18N5O+. The predicted molar refractivity (Wildman–Crippen MR) is 96.4 cm³/mol. The van der Waals surface area contributed by atoms with Crippen molar-refractivity contribution >= 4 is 11.4 Å². The second-order valence-corrected chi connectivity index (χ2v) is 5.94. The third-order valence-corrected chi connectivity index (χ3v) is 4.15. The van der Waals surface area contributed by atoms with Crippen LogP contribution in [0, 0.1) is 0 Å². The summed E-state index contributed by atoms with van der Waals surface area (Å²) in [5.74, 6) is 0.772. The van der Waals surface area contributed by atoms with Gasteiger partial charge in [0.15, 0.2) is 5.52 Å². The fourth-order valence-electron chi connectivity index (χ4n) is 2.91. The van der Waals surface area contributed by atoms with Gasteiger partial charge >= 0.3 is 0 Å². The Kier molecular flexibility index (Phi) is 4.38. The number of fused-ring (bicyclic) bond motifs is 1. The van der Waals surface area contributed by atoms with Crippen LogP contribution in [0.5, 0.6) is 0 Å². The van der Waals surface area contributed by atoms with E-state index < -0.39 is 0 Å². The van der Waals surface area contributed by atoms with E-state index in [9.17, 15) is 4.79 Å². The van der Waals surface area contributed by atoms with Gasteiger partial charge in [-0.3, -0.25) is 14.8 Å². The number of H-pyrrole nitrogens is 1. The minimum atomic E-state index is -0.156. The summed E-state index contributed by atoms with van der Waals surface area (Å²) in [4.78, 5) is 24.4. The Bertz CT molecular complexity index is 1030. The molecule has 0 aromatic carbocycles. The molecule has 0 atom stereocenters. The molecule has 26 heavy (non-hydrogen) atoms. The van der Waals surface area contributed by atoms with Crippen molar-refractivity contribution in [3.8, 4) is 0 Å². The number of hydrogen-bond donors (Lipinski definition) is 2. The summed E-state index contributed by atoms with van der Waals surface area (Å²) >= 11 is 0. The van der Waals surface area contributed by atoms with Gasteiger partial charge in [-0.25, -0.2) is 4.98 Å². The topological polar surface area (TPSA) is 74.8 Å². The lowest BCUT2D eigenvalue weighted by atomic mass is 10.2. The summed E-state index contributed by atoms with van der Waals surface area (Å²) in [6.07, 6.45) is 7.91. The molecule has 0 fully saturated rings. The molecule has 0 aliphatic heterocycles. The van der Waals surface area contributed by atoms with Crippen molar-refractivity contribution in [2.75, 3.05) is 0 Å². The first kappa shape index (κ1) is 16.0. The number of hydrogen-bond acceptors (Lipinski definition) is 3. The van der Waals surface area contributed by atoms with Gasteiger partial charge in [-0.05, 0) is 35.9 Å². The average molecular weight is 344 g/mol. The molecule has 128 valence electrons. The van der Waals surface area contributed by atoms with Gasteiger partial charge in [0.1, 0.15) is 0 Å². The van der Waals surface area contributed by atoms with Crippen molar-refractivity contribution in [3.05, 3.63) is 96.1 Å². The molecule has 0 saturated heterocycles. The summed E-state index contributed by atoms with van der Waals surface area (Å²) in [5, 5.41) is 2.93. The molecule has 0 aliphatic rings. The lowest BCUT2D eigenvalue weighted by Gasteiger charge is -2.01. The lowest BCUT2D eigenvalue weighted by Crippen LogP contribution is -2.26. The zero-order chi connectivity index (χ0) is 17.8. The number of nitrogens with zero attached hydrogens (tertiary/aromatic N) is 3. The summed E-state index contributed by atoms with van der Waals surface area (Å²) in [7, 11) is 0. The van der Waals surface area contributed by atoms with E-state index in [1.807, 2.05) is 65.3 Å². The van der Waals surface area contributed by atoms with E-state index in [1.165, 1.54) is 0 Å². The first-order chi connectivity index (χ1) is 12.8. The molecule has 0 aliphatic carbocycles. The molecule has 0 spiro atoms. The number of pyridine rings is 3. The van der Waals surface area contributed by atoms with Crippen molar-refractivity contribution in [1.29, 1.82) is 0 Å². The molecule has 0 saturated carbocycles. The maximum Gasteiger partial charge on any atom is 0.295 e. The summed E-state index contributed by atoms with van der Waals surface area (Å²) in [6, 6.07) is 15.4. The SMILES string of the molecule is O=C(NCc1ccccn1)c1[nH]c(Cc2cccnc2)[n+]2ccccc12. The first-order valence-electron chi connectivity index (χ1n) is 8.39. The van der Waals surface area contributed by atoms with Crippen LogP contribution in [-0.4, -0.2) is 20.9 Å². The zero-order valence-corrected chi connectivity index (χ0v) is 14.1. The van der Waals surface area contributed by atoms with Gasteiger partial charge in [0, 0.05) is 18.6 Å². The van der Waals surface area contributed by atoms with Crippen molar-refractivity contribution in [2.45, 2.75) is 13.0 Å². The Morgan fingerprint density at radius 3 is 2.81 bits per heavy atom. The van der Waals surface area contributed by atoms with Gasteiger partial charge < -0.3 is 5.32 Å². The maximum absolute atomic E-state index is 12.7. The third-order valence-electron chi connectivity index (χ3n) is 4.15. The van der Waals surface area contributed by atoms with Gasteiger partial charge in [-0.15, -0.1) is 0 Å². The predicted octanol–water partition coefficient (Wildman–Crippen LogP) is 2.06. The number of carbonyl (C=O) groups excluding carboxylic acids is 1. The summed E-state index contributed by atoms with van der Waals surface area (Å²) in [6.45, 7) is 0.385. The molecule has 4 heterocycles. The highest BCUT2D eigenvalue weighted by Gasteiger charge is 2.23. The highest BCUT2D eigenvalue weighted by Crippen LogP contribution is 2.10. The number of nitrogens with one attached hydrogen (secondary N) is 2. The van der Waals surface area contributed by atoms with Crippen LogP contribution in [0.4, 0.5) is 0 Å². The van der Waals surface area contributed by atoms with Crippen LogP contribution in [0.15, 0.2) is 73.3 Å². The largest absolute Gasteiger partial charge is 0.343 e. The van der Waals surface area contributed by atoms with Crippen LogP contribution in [0.2, 0.25) is 0 Å². The third kappa shape index (κ3) is 3.30. The molecule has 0 bridgehead atoms. The van der Waals surface area contributed by atoms with E-state index in [4.69, 9.17) is 0 Å². The monoisotopic (exact) mass is 344 g/mol. The molecule has 1 amide bonds. The van der Waals surface area contributed by atoms with Crippen LogP contribution < -0.4 is 9.72 Å². The van der Waals surface area contributed by atoms with E-state index in [1.54, 1.807) is 12.4 Å². The zero-order valence-electron chi connectivity index (χ0n) is 14.1. The van der Waals surface area contributed by atoms with E-state index in [2.05, 4.69) is 20.3 Å². The molecule has 6 nitrogen and oxygen atoms in total. The van der Waals surface area contributed by atoms with Crippen molar-refractivity contribution in [1.82, 2.24) is 20.3 Å². The van der Waals surface area contributed by atoms with Crippen LogP contribution in [0.25, 0.3) is 5.52 Å². The van der Waals surface area contributed by atoms with E-state index in [-0.39, 0.29) is 5.91 Å². The molecule has 4 rings (SSSR count). The van der Waals surface area contributed by atoms with Crippen LogP contribution >= 0.6 is 0 Å². The molecule has 0 unspecified atom stereocenters. The molecule has 2 N–H and O–H groups in total. The second kappa shape index (κ2) is 7.14. The maximum atomic E-state index is 12.7. The Labute approximate surface area is 150 Å². The average Bonchev–Trinajstić information content (AvgIpc) is 3.06. The second-order valence-electron chi connectivity index (χ2n) is 5.94. The smallest absolute Gasteiger partial charge is 0.295 e. The fourth-order valence-corrected chi connectivity index (χ4v) is 2.91.